The monoisotopic (exact) mass is 222 g/mol. The molecule has 1 aromatic heterocycles. The van der Waals surface area contributed by atoms with Gasteiger partial charge >= 0.3 is 0 Å². The molecule has 1 aromatic rings. The fourth-order valence-electron chi connectivity index (χ4n) is 2.52. The highest BCUT2D eigenvalue weighted by atomic mass is 16.5. The highest BCUT2D eigenvalue weighted by molar-refractivity contribution is 5.02. The van der Waals surface area contributed by atoms with Gasteiger partial charge in [0.1, 0.15) is 0 Å². The molecule has 3 nitrogen and oxygen atoms in total. The molecule has 0 radical (unpaired) electrons. The van der Waals surface area contributed by atoms with Crippen molar-refractivity contribution in [2.45, 2.75) is 58.5 Å². The quantitative estimate of drug-likeness (QED) is 0.851. The van der Waals surface area contributed by atoms with Crippen LogP contribution in [-0.4, -0.2) is 11.2 Å². The Hall–Kier alpha value is -0.830. The van der Waals surface area contributed by atoms with Gasteiger partial charge in [0.2, 0.25) is 0 Å². The number of hydrogen-bond donors (Lipinski definition) is 1. The predicted molar refractivity (Wildman–Crippen MR) is 64.1 cm³/mol. The van der Waals surface area contributed by atoms with E-state index in [0.29, 0.717) is 6.04 Å². The van der Waals surface area contributed by atoms with Crippen molar-refractivity contribution in [2.75, 3.05) is 0 Å². The molecule has 1 N–H and O–H groups in total. The molecule has 0 amide bonds. The zero-order valence-corrected chi connectivity index (χ0v) is 10.3. The lowest BCUT2D eigenvalue weighted by molar-refractivity contribution is 0.275. The Labute approximate surface area is 97.6 Å². The van der Waals surface area contributed by atoms with Crippen LogP contribution < -0.4 is 5.32 Å². The molecule has 0 spiro atoms. The second kappa shape index (κ2) is 5.48. The first-order chi connectivity index (χ1) is 7.78. The molecule has 0 aliphatic heterocycles. The Morgan fingerprint density at radius 3 is 2.69 bits per heavy atom. The van der Waals surface area contributed by atoms with E-state index in [9.17, 15) is 0 Å². The molecule has 1 heterocycles. The standard InChI is InChI=1S/C13H22N2O/c1-3-11-4-6-12(7-5-11)14-9-13-8-10(2)15-16-13/h8,11-12,14H,3-7,9H2,1-2H3. The average Bonchev–Trinajstić information content (AvgIpc) is 2.73. The van der Waals surface area contributed by atoms with Gasteiger partial charge in [-0.25, -0.2) is 0 Å². The SMILES string of the molecule is CCC1CCC(NCc2cc(C)no2)CC1. The first-order valence-electron chi connectivity index (χ1n) is 6.43. The third-order valence-corrected chi connectivity index (χ3v) is 3.67. The van der Waals surface area contributed by atoms with Crippen molar-refractivity contribution in [3.63, 3.8) is 0 Å². The molecule has 2 rings (SSSR count). The summed E-state index contributed by atoms with van der Waals surface area (Å²) in [6.45, 7) is 5.08. The lowest BCUT2D eigenvalue weighted by Crippen LogP contribution is -2.32. The maximum atomic E-state index is 5.19. The van der Waals surface area contributed by atoms with Gasteiger partial charge < -0.3 is 9.84 Å². The molecule has 0 aromatic carbocycles. The van der Waals surface area contributed by atoms with Gasteiger partial charge in [0.05, 0.1) is 12.2 Å². The van der Waals surface area contributed by atoms with Crippen LogP contribution >= 0.6 is 0 Å². The zero-order valence-electron chi connectivity index (χ0n) is 10.3. The molecule has 16 heavy (non-hydrogen) atoms. The van der Waals surface area contributed by atoms with Gasteiger partial charge in [0.25, 0.3) is 0 Å². The van der Waals surface area contributed by atoms with Gasteiger partial charge in [-0.15, -0.1) is 0 Å². The topological polar surface area (TPSA) is 38.1 Å². The largest absolute Gasteiger partial charge is 0.360 e. The minimum atomic E-state index is 0.674. The van der Waals surface area contributed by atoms with E-state index in [1.807, 2.05) is 13.0 Å². The number of nitrogens with zero attached hydrogens (tertiary/aromatic N) is 1. The van der Waals surface area contributed by atoms with Gasteiger partial charge in [-0.1, -0.05) is 18.5 Å². The van der Waals surface area contributed by atoms with E-state index in [1.165, 1.54) is 32.1 Å². The minimum absolute atomic E-state index is 0.674. The molecule has 90 valence electrons. The van der Waals surface area contributed by atoms with Crippen molar-refractivity contribution in [1.82, 2.24) is 10.5 Å². The summed E-state index contributed by atoms with van der Waals surface area (Å²) in [5.74, 6) is 1.92. The normalized spacial score (nSPS) is 25.9. The van der Waals surface area contributed by atoms with E-state index in [4.69, 9.17) is 4.52 Å². The zero-order chi connectivity index (χ0) is 11.4. The smallest absolute Gasteiger partial charge is 0.150 e. The number of nitrogens with one attached hydrogen (secondary N) is 1. The lowest BCUT2D eigenvalue weighted by atomic mass is 9.84. The first-order valence-corrected chi connectivity index (χ1v) is 6.43. The average molecular weight is 222 g/mol. The van der Waals surface area contributed by atoms with Gasteiger partial charge in [0.15, 0.2) is 5.76 Å². The summed E-state index contributed by atoms with van der Waals surface area (Å²) in [7, 11) is 0. The molecule has 0 unspecified atom stereocenters. The van der Waals surface area contributed by atoms with E-state index < -0.39 is 0 Å². The third kappa shape index (κ3) is 3.08. The summed E-state index contributed by atoms with van der Waals surface area (Å²) >= 11 is 0. The van der Waals surface area contributed by atoms with Crippen LogP contribution in [0.2, 0.25) is 0 Å². The van der Waals surface area contributed by atoms with Crippen molar-refractivity contribution in [1.29, 1.82) is 0 Å². The Kier molecular flexibility index (Phi) is 3.99. The van der Waals surface area contributed by atoms with Gasteiger partial charge in [-0.05, 0) is 38.5 Å². The Morgan fingerprint density at radius 2 is 2.12 bits per heavy atom. The maximum Gasteiger partial charge on any atom is 0.150 e. The molecular formula is C13H22N2O. The van der Waals surface area contributed by atoms with Crippen LogP contribution in [0.1, 0.15) is 50.5 Å². The van der Waals surface area contributed by atoms with Crippen LogP contribution in [0, 0.1) is 12.8 Å². The molecule has 3 heteroatoms. The Morgan fingerprint density at radius 1 is 1.38 bits per heavy atom. The number of aryl methyl sites for hydroxylation is 1. The van der Waals surface area contributed by atoms with E-state index in [0.717, 1.165) is 23.9 Å². The lowest BCUT2D eigenvalue weighted by Gasteiger charge is -2.28. The van der Waals surface area contributed by atoms with Crippen molar-refractivity contribution >= 4 is 0 Å². The molecule has 0 bridgehead atoms. The highest BCUT2D eigenvalue weighted by Crippen LogP contribution is 2.26. The second-order valence-corrected chi connectivity index (χ2v) is 4.94. The van der Waals surface area contributed by atoms with Crippen LogP contribution in [0.15, 0.2) is 10.6 Å². The Bertz CT molecular complexity index is 313. The summed E-state index contributed by atoms with van der Waals surface area (Å²) in [5.41, 5.74) is 0.964. The summed E-state index contributed by atoms with van der Waals surface area (Å²) < 4.78 is 5.19. The van der Waals surface area contributed by atoms with Gasteiger partial charge in [-0.2, -0.15) is 0 Å². The van der Waals surface area contributed by atoms with Crippen molar-refractivity contribution in [3.05, 3.63) is 17.5 Å². The van der Waals surface area contributed by atoms with E-state index >= 15 is 0 Å². The molecule has 0 atom stereocenters. The van der Waals surface area contributed by atoms with Crippen LogP contribution in [0.5, 0.6) is 0 Å². The van der Waals surface area contributed by atoms with Crippen LogP contribution in [-0.2, 0) is 6.54 Å². The summed E-state index contributed by atoms with van der Waals surface area (Å²) in [5, 5.41) is 7.45. The summed E-state index contributed by atoms with van der Waals surface area (Å²) in [6.07, 6.45) is 6.72. The fourth-order valence-corrected chi connectivity index (χ4v) is 2.52. The van der Waals surface area contributed by atoms with Crippen LogP contribution in [0.3, 0.4) is 0 Å². The molecule has 1 aliphatic rings. The number of rotatable bonds is 4. The fraction of sp³-hybridized carbons (Fsp3) is 0.769. The maximum absolute atomic E-state index is 5.19. The summed E-state index contributed by atoms with van der Waals surface area (Å²) in [4.78, 5) is 0. The van der Waals surface area contributed by atoms with E-state index in [-0.39, 0.29) is 0 Å². The predicted octanol–water partition coefficient (Wildman–Crippen LogP) is 3.04. The third-order valence-electron chi connectivity index (χ3n) is 3.67. The van der Waals surface area contributed by atoms with Crippen molar-refractivity contribution < 1.29 is 4.52 Å². The number of hydrogen-bond acceptors (Lipinski definition) is 3. The number of aromatic nitrogens is 1. The van der Waals surface area contributed by atoms with Crippen LogP contribution in [0.25, 0.3) is 0 Å². The molecular weight excluding hydrogens is 200 g/mol. The summed E-state index contributed by atoms with van der Waals surface area (Å²) in [6, 6.07) is 2.68. The minimum Gasteiger partial charge on any atom is -0.360 e. The van der Waals surface area contributed by atoms with E-state index in [1.54, 1.807) is 0 Å². The van der Waals surface area contributed by atoms with Crippen molar-refractivity contribution in [2.24, 2.45) is 5.92 Å². The molecule has 1 fully saturated rings. The molecule has 0 saturated heterocycles. The first kappa shape index (κ1) is 11.6. The highest BCUT2D eigenvalue weighted by Gasteiger charge is 2.19. The van der Waals surface area contributed by atoms with Gasteiger partial charge in [0, 0.05) is 12.1 Å². The molecule has 1 saturated carbocycles. The van der Waals surface area contributed by atoms with Gasteiger partial charge in [-0.3, -0.25) is 0 Å². The Balaban J connectivity index is 1.71. The van der Waals surface area contributed by atoms with E-state index in [2.05, 4.69) is 17.4 Å². The van der Waals surface area contributed by atoms with Crippen LogP contribution in [0.4, 0.5) is 0 Å². The second-order valence-electron chi connectivity index (χ2n) is 4.94. The van der Waals surface area contributed by atoms with Crippen molar-refractivity contribution in [3.8, 4) is 0 Å². The molecule has 1 aliphatic carbocycles.